The second-order valence-electron chi connectivity index (χ2n) is 8.56. The average molecular weight is 628 g/mol. The first-order valence-electron chi connectivity index (χ1n) is 12.1. The maximum atomic E-state index is 12.8. The van der Waals surface area contributed by atoms with Crippen LogP contribution in [0.1, 0.15) is 36.8 Å². The number of carbonyl (C=O) groups excluding carboxylic acids is 2. The van der Waals surface area contributed by atoms with Crippen molar-refractivity contribution in [3.05, 3.63) is 118 Å². The van der Waals surface area contributed by atoms with E-state index in [0.29, 0.717) is 21.2 Å². The maximum absolute atomic E-state index is 12.8. The van der Waals surface area contributed by atoms with Crippen molar-refractivity contribution in [2.24, 2.45) is 0 Å². The molecule has 204 valence electrons. The van der Waals surface area contributed by atoms with Crippen LogP contribution in [0, 0.1) is 0 Å². The van der Waals surface area contributed by atoms with Crippen molar-refractivity contribution in [2.45, 2.75) is 45.3 Å². The largest absolute Gasteiger partial charge is 0.870 e. The Bertz CT molecular complexity index is 1330. The number of halogens is 2. The monoisotopic (exact) mass is 626 g/mol. The van der Waals surface area contributed by atoms with Crippen molar-refractivity contribution in [1.29, 1.82) is 0 Å². The molecule has 0 heterocycles. The van der Waals surface area contributed by atoms with Crippen LogP contribution in [-0.2, 0) is 17.2 Å². The van der Waals surface area contributed by atoms with Crippen molar-refractivity contribution in [3.8, 4) is 0 Å². The van der Waals surface area contributed by atoms with Crippen LogP contribution in [0.5, 0.6) is 0 Å². The van der Waals surface area contributed by atoms with E-state index in [9.17, 15) is 9.59 Å². The van der Waals surface area contributed by atoms with Crippen LogP contribution in [0.3, 0.4) is 0 Å². The smallest absolute Gasteiger partial charge is 0.870 e. The molecule has 0 fully saturated rings. The van der Waals surface area contributed by atoms with E-state index in [0.717, 1.165) is 19.6 Å². The molecular formula is C30H25AlCl2O5S2. The van der Waals surface area contributed by atoms with Gasteiger partial charge in [-0.15, -0.1) is 0 Å². The first kappa shape index (κ1) is 32.1. The van der Waals surface area contributed by atoms with E-state index < -0.39 is 39.7 Å². The van der Waals surface area contributed by atoms with Crippen molar-refractivity contribution in [1.82, 2.24) is 0 Å². The van der Waals surface area contributed by atoms with Crippen LogP contribution in [0.2, 0.25) is 10.0 Å². The van der Waals surface area contributed by atoms with Crippen molar-refractivity contribution in [2.75, 3.05) is 0 Å². The summed E-state index contributed by atoms with van der Waals surface area (Å²) in [5.41, 5.74) is 1.31. The summed E-state index contributed by atoms with van der Waals surface area (Å²) in [5, 5.41) is 0.999. The van der Waals surface area contributed by atoms with E-state index in [1.807, 2.05) is 84.9 Å². The SMILES string of the molecule is CC(C(=O)[O][Al+][O]C(=O)C(C)c1cccc(Sc2ccccc2)c1Cl)c1cccc(Sc2ccccc2)c1Cl.[OH-]. The summed E-state index contributed by atoms with van der Waals surface area (Å²) in [6, 6.07) is 30.9. The molecule has 0 saturated carbocycles. The van der Waals surface area contributed by atoms with Gasteiger partial charge in [0.2, 0.25) is 0 Å². The summed E-state index contributed by atoms with van der Waals surface area (Å²) in [4.78, 5) is 29.3. The predicted molar refractivity (Wildman–Crippen MR) is 161 cm³/mol. The summed E-state index contributed by atoms with van der Waals surface area (Å²) >= 11 is 15.0. The van der Waals surface area contributed by atoms with Crippen molar-refractivity contribution >= 4 is 74.6 Å². The Kier molecular flexibility index (Phi) is 12.5. The molecule has 4 aromatic rings. The van der Waals surface area contributed by atoms with Crippen LogP contribution >= 0.6 is 46.7 Å². The third-order valence-electron chi connectivity index (χ3n) is 5.90. The Labute approximate surface area is 259 Å². The Morgan fingerprint density at radius 2 is 1.00 bits per heavy atom. The molecule has 10 heteroatoms. The Balaban J connectivity index is 0.00000441. The number of carbonyl (C=O) groups is 2. The standard InChI is InChI=1S/2C15H13ClO2S.Al.H2O/c2*1-10(15(17)18)12-8-5-9-13(14(12)16)19-11-6-3-2-4-7-11;;/h2*2-10H,1H3,(H,17,18);;1H2/q;;+3;/p-3. The minimum Gasteiger partial charge on any atom is -0.870 e. The van der Waals surface area contributed by atoms with Gasteiger partial charge in [0.15, 0.2) is 0 Å². The first-order valence-corrected chi connectivity index (χ1v) is 15.4. The zero-order valence-corrected chi connectivity index (χ0v) is 25.9. The van der Waals surface area contributed by atoms with Gasteiger partial charge in [-0.3, -0.25) is 0 Å². The summed E-state index contributed by atoms with van der Waals surface area (Å²) in [7, 11) is 0. The molecule has 4 aromatic carbocycles. The predicted octanol–water partition coefficient (Wildman–Crippen LogP) is 8.65. The third kappa shape index (κ3) is 8.31. The van der Waals surface area contributed by atoms with E-state index in [1.54, 1.807) is 26.0 Å². The summed E-state index contributed by atoms with van der Waals surface area (Å²) in [6.07, 6.45) is 0. The Morgan fingerprint density at radius 3 is 1.38 bits per heavy atom. The third-order valence-corrected chi connectivity index (χ3v) is 9.76. The molecule has 0 amide bonds. The maximum Gasteiger partial charge on any atom is -0.870 e. The van der Waals surface area contributed by atoms with Crippen LogP contribution in [0.25, 0.3) is 0 Å². The second kappa shape index (κ2) is 15.6. The van der Waals surface area contributed by atoms with Crippen LogP contribution in [-0.4, -0.2) is 33.3 Å². The molecule has 0 bridgehead atoms. The fourth-order valence-corrected chi connectivity index (χ4v) is 6.95. The summed E-state index contributed by atoms with van der Waals surface area (Å²) < 4.78 is 10.7. The van der Waals surface area contributed by atoms with Gasteiger partial charge in [-0.05, 0) is 0 Å². The molecule has 0 spiro atoms. The zero-order valence-electron chi connectivity index (χ0n) is 21.6. The Hall–Kier alpha value is -2.41. The van der Waals surface area contributed by atoms with Gasteiger partial charge in [0, 0.05) is 0 Å². The molecule has 0 aliphatic heterocycles. The zero-order chi connectivity index (χ0) is 27.8. The van der Waals surface area contributed by atoms with E-state index in [4.69, 9.17) is 30.8 Å². The van der Waals surface area contributed by atoms with Gasteiger partial charge < -0.3 is 5.48 Å². The van der Waals surface area contributed by atoms with E-state index in [-0.39, 0.29) is 5.48 Å². The van der Waals surface area contributed by atoms with Gasteiger partial charge in [0.25, 0.3) is 0 Å². The molecule has 0 aromatic heterocycles. The van der Waals surface area contributed by atoms with Gasteiger partial charge >= 0.3 is 255 Å². The quantitative estimate of drug-likeness (QED) is 0.163. The molecule has 4 rings (SSSR count). The molecule has 0 aliphatic carbocycles. The van der Waals surface area contributed by atoms with Crippen molar-refractivity contribution in [3.63, 3.8) is 0 Å². The Morgan fingerprint density at radius 1 is 0.625 bits per heavy atom. The number of rotatable bonds is 10. The molecule has 40 heavy (non-hydrogen) atoms. The van der Waals surface area contributed by atoms with Gasteiger partial charge in [-0.1, -0.05) is 0 Å². The van der Waals surface area contributed by atoms with Crippen LogP contribution in [0.4, 0.5) is 0 Å². The van der Waals surface area contributed by atoms with E-state index in [1.165, 1.54) is 23.5 Å². The molecule has 2 atom stereocenters. The fraction of sp³-hybridized carbons (Fsp3) is 0.133. The van der Waals surface area contributed by atoms with Gasteiger partial charge in [0.05, 0.1) is 0 Å². The molecule has 5 nitrogen and oxygen atoms in total. The summed E-state index contributed by atoms with van der Waals surface area (Å²) in [6.45, 7) is 3.44. The van der Waals surface area contributed by atoms with Gasteiger partial charge in [0.1, 0.15) is 0 Å². The summed E-state index contributed by atoms with van der Waals surface area (Å²) in [5.74, 6) is -2.26. The molecule has 0 saturated heterocycles. The molecule has 0 radical (unpaired) electrons. The second-order valence-corrected chi connectivity index (χ2v) is 12.2. The molecule has 1 N–H and O–H groups in total. The molecule has 2 unspecified atom stereocenters. The number of hydrogen-bond donors (Lipinski definition) is 0. The van der Waals surface area contributed by atoms with Gasteiger partial charge in [-0.2, -0.15) is 0 Å². The van der Waals surface area contributed by atoms with Crippen LogP contribution < -0.4 is 0 Å². The molecule has 0 aliphatic rings. The minimum atomic E-state index is -1.35. The topological polar surface area (TPSA) is 82.6 Å². The number of hydrogen-bond acceptors (Lipinski definition) is 7. The molecular weight excluding hydrogens is 602 g/mol. The average Bonchev–Trinajstić information content (AvgIpc) is 2.95. The van der Waals surface area contributed by atoms with Crippen molar-refractivity contribution < 1.29 is 22.6 Å². The van der Waals surface area contributed by atoms with E-state index >= 15 is 0 Å². The first-order chi connectivity index (χ1) is 18.8. The normalized spacial score (nSPS) is 11.9. The fourth-order valence-electron chi connectivity index (χ4n) is 3.69. The van der Waals surface area contributed by atoms with Gasteiger partial charge in [-0.25, -0.2) is 0 Å². The number of benzene rings is 4. The van der Waals surface area contributed by atoms with E-state index in [2.05, 4.69) is 0 Å². The minimum absolute atomic E-state index is 0. The van der Waals surface area contributed by atoms with Crippen LogP contribution in [0.15, 0.2) is 117 Å².